The molecule has 0 bridgehead atoms. The van der Waals surface area contributed by atoms with E-state index in [4.69, 9.17) is 16.3 Å². The molecule has 1 aliphatic heterocycles. The molecular weight excluding hydrogens is 348 g/mol. The fourth-order valence-electron chi connectivity index (χ4n) is 3.76. The zero-order chi connectivity index (χ0) is 18.3. The van der Waals surface area contributed by atoms with E-state index in [-0.39, 0.29) is 12.1 Å². The molecule has 0 spiro atoms. The normalized spacial score (nSPS) is 16.6. The minimum atomic E-state index is -0.277. The van der Waals surface area contributed by atoms with E-state index in [2.05, 4.69) is 36.2 Å². The standard InChI is InChI=1S/C21H21ClN2O2/c1-3-26-21(25)24-11-10-16-17-12-15(22)8-9-18(17)23-19(16)20(24)14-6-4-13(2)5-7-14/h4-9,12,20,23H,3,10-11H2,1-2H3. The van der Waals surface area contributed by atoms with Gasteiger partial charge in [0, 0.05) is 28.2 Å². The molecule has 2 aromatic carbocycles. The summed E-state index contributed by atoms with van der Waals surface area (Å²) in [6.45, 7) is 4.87. The van der Waals surface area contributed by atoms with Crippen molar-refractivity contribution in [3.05, 3.63) is 69.9 Å². The number of hydrogen-bond donors (Lipinski definition) is 1. The highest BCUT2D eigenvalue weighted by molar-refractivity contribution is 6.31. The van der Waals surface area contributed by atoms with E-state index in [0.717, 1.165) is 33.6 Å². The molecule has 2 heterocycles. The van der Waals surface area contributed by atoms with Crippen LogP contribution in [0.5, 0.6) is 0 Å². The topological polar surface area (TPSA) is 45.3 Å². The lowest BCUT2D eigenvalue weighted by Gasteiger charge is -2.35. The number of benzene rings is 2. The van der Waals surface area contributed by atoms with Crippen LogP contribution in [-0.4, -0.2) is 29.1 Å². The van der Waals surface area contributed by atoms with E-state index in [1.807, 2.05) is 30.0 Å². The third-order valence-corrected chi connectivity index (χ3v) is 5.22. The fourth-order valence-corrected chi connectivity index (χ4v) is 3.93. The molecule has 0 aliphatic carbocycles. The number of aromatic amines is 1. The largest absolute Gasteiger partial charge is 0.450 e. The van der Waals surface area contributed by atoms with Crippen LogP contribution in [0.2, 0.25) is 5.02 Å². The van der Waals surface area contributed by atoms with Crippen molar-refractivity contribution in [3.63, 3.8) is 0 Å². The molecule has 1 atom stereocenters. The number of carbonyl (C=O) groups excluding carboxylic acids is 1. The van der Waals surface area contributed by atoms with Crippen LogP contribution in [0.1, 0.15) is 35.3 Å². The number of aromatic nitrogens is 1. The first-order valence-electron chi connectivity index (χ1n) is 8.88. The number of carbonyl (C=O) groups is 1. The number of amides is 1. The molecule has 0 saturated carbocycles. The molecule has 1 unspecified atom stereocenters. The van der Waals surface area contributed by atoms with Gasteiger partial charge in [0.25, 0.3) is 0 Å². The van der Waals surface area contributed by atoms with Gasteiger partial charge in [0.1, 0.15) is 6.04 Å². The van der Waals surface area contributed by atoms with Gasteiger partial charge in [0.15, 0.2) is 0 Å². The molecule has 0 fully saturated rings. The van der Waals surface area contributed by atoms with E-state index >= 15 is 0 Å². The van der Waals surface area contributed by atoms with Crippen molar-refractivity contribution < 1.29 is 9.53 Å². The zero-order valence-electron chi connectivity index (χ0n) is 14.9. The van der Waals surface area contributed by atoms with Crippen molar-refractivity contribution in [1.29, 1.82) is 0 Å². The summed E-state index contributed by atoms with van der Waals surface area (Å²) in [5.74, 6) is 0. The van der Waals surface area contributed by atoms with Crippen molar-refractivity contribution in [2.75, 3.05) is 13.2 Å². The summed E-state index contributed by atoms with van der Waals surface area (Å²) in [6, 6.07) is 14.0. The van der Waals surface area contributed by atoms with Crippen LogP contribution in [0.4, 0.5) is 4.79 Å². The molecule has 4 rings (SSSR count). The quantitative estimate of drug-likeness (QED) is 0.672. The van der Waals surface area contributed by atoms with E-state index in [1.165, 1.54) is 11.1 Å². The van der Waals surface area contributed by atoms with Gasteiger partial charge in [-0.3, -0.25) is 4.90 Å². The average molecular weight is 369 g/mol. The van der Waals surface area contributed by atoms with Crippen LogP contribution >= 0.6 is 11.6 Å². The molecule has 1 aromatic heterocycles. The maximum atomic E-state index is 12.6. The summed E-state index contributed by atoms with van der Waals surface area (Å²) in [4.78, 5) is 17.9. The highest BCUT2D eigenvalue weighted by Gasteiger charge is 2.35. The van der Waals surface area contributed by atoms with Gasteiger partial charge in [-0.1, -0.05) is 41.4 Å². The molecule has 134 valence electrons. The number of halogens is 1. The predicted molar refractivity (Wildman–Crippen MR) is 104 cm³/mol. The number of H-pyrrole nitrogens is 1. The number of nitrogens with zero attached hydrogens (tertiary/aromatic N) is 1. The van der Waals surface area contributed by atoms with Crippen molar-refractivity contribution in [2.45, 2.75) is 26.3 Å². The minimum absolute atomic E-state index is 0.190. The van der Waals surface area contributed by atoms with Crippen LogP contribution in [0, 0.1) is 6.92 Å². The lowest BCUT2D eigenvalue weighted by molar-refractivity contribution is 0.0932. The zero-order valence-corrected chi connectivity index (χ0v) is 15.6. The number of fused-ring (bicyclic) bond motifs is 3. The van der Waals surface area contributed by atoms with Gasteiger partial charge in [-0.15, -0.1) is 0 Å². The molecule has 1 aliphatic rings. The Morgan fingerprint density at radius 1 is 1.27 bits per heavy atom. The van der Waals surface area contributed by atoms with Crippen molar-refractivity contribution in [1.82, 2.24) is 9.88 Å². The SMILES string of the molecule is CCOC(=O)N1CCc2c([nH]c3ccc(Cl)cc23)C1c1ccc(C)cc1. The predicted octanol–water partition coefficient (Wildman–Crippen LogP) is 5.23. The van der Waals surface area contributed by atoms with Gasteiger partial charge in [0.05, 0.1) is 6.61 Å². The van der Waals surface area contributed by atoms with Crippen LogP contribution in [0.3, 0.4) is 0 Å². The summed E-state index contributed by atoms with van der Waals surface area (Å²) in [7, 11) is 0. The van der Waals surface area contributed by atoms with Gasteiger partial charge >= 0.3 is 6.09 Å². The number of rotatable bonds is 2. The van der Waals surface area contributed by atoms with Crippen LogP contribution in [-0.2, 0) is 11.2 Å². The molecule has 4 nitrogen and oxygen atoms in total. The molecule has 26 heavy (non-hydrogen) atoms. The Balaban J connectivity index is 1.88. The van der Waals surface area contributed by atoms with Crippen LogP contribution in [0.15, 0.2) is 42.5 Å². The van der Waals surface area contributed by atoms with Crippen LogP contribution in [0.25, 0.3) is 10.9 Å². The van der Waals surface area contributed by atoms with Gasteiger partial charge in [-0.2, -0.15) is 0 Å². The summed E-state index contributed by atoms with van der Waals surface area (Å²) in [6.07, 6.45) is 0.497. The summed E-state index contributed by atoms with van der Waals surface area (Å²) in [5.41, 5.74) is 5.58. The lowest BCUT2D eigenvalue weighted by atomic mass is 9.92. The van der Waals surface area contributed by atoms with E-state index in [0.29, 0.717) is 13.2 Å². The lowest BCUT2D eigenvalue weighted by Crippen LogP contribution is -2.40. The van der Waals surface area contributed by atoms with Crippen LogP contribution < -0.4 is 0 Å². The van der Waals surface area contributed by atoms with Crippen molar-refractivity contribution in [2.24, 2.45) is 0 Å². The smallest absolute Gasteiger partial charge is 0.410 e. The Morgan fingerprint density at radius 3 is 2.77 bits per heavy atom. The minimum Gasteiger partial charge on any atom is -0.450 e. The van der Waals surface area contributed by atoms with Crippen molar-refractivity contribution in [3.8, 4) is 0 Å². The Bertz CT molecular complexity index is 962. The third kappa shape index (κ3) is 2.84. The van der Waals surface area contributed by atoms with Gasteiger partial charge in [-0.05, 0) is 49.6 Å². The van der Waals surface area contributed by atoms with Gasteiger partial charge in [-0.25, -0.2) is 4.79 Å². The third-order valence-electron chi connectivity index (χ3n) is 4.98. The highest BCUT2D eigenvalue weighted by Crippen LogP contribution is 2.39. The monoisotopic (exact) mass is 368 g/mol. The van der Waals surface area contributed by atoms with E-state index in [1.54, 1.807) is 0 Å². The summed E-state index contributed by atoms with van der Waals surface area (Å²) >= 11 is 6.21. The summed E-state index contributed by atoms with van der Waals surface area (Å²) < 4.78 is 5.32. The van der Waals surface area contributed by atoms with E-state index in [9.17, 15) is 4.79 Å². The molecule has 3 aromatic rings. The van der Waals surface area contributed by atoms with Crippen molar-refractivity contribution >= 4 is 28.6 Å². The second-order valence-corrected chi connectivity index (χ2v) is 7.10. The number of hydrogen-bond acceptors (Lipinski definition) is 2. The first-order chi connectivity index (χ1) is 12.6. The Labute approximate surface area is 157 Å². The first-order valence-corrected chi connectivity index (χ1v) is 9.26. The average Bonchev–Trinajstić information content (AvgIpc) is 3.00. The second-order valence-electron chi connectivity index (χ2n) is 6.66. The molecule has 0 saturated heterocycles. The maximum Gasteiger partial charge on any atom is 0.410 e. The number of aryl methyl sites for hydroxylation is 1. The molecule has 0 radical (unpaired) electrons. The summed E-state index contributed by atoms with van der Waals surface area (Å²) in [5, 5.41) is 1.85. The number of nitrogens with one attached hydrogen (secondary N) is 1. The Kier molecular flexibility index (Phi) is 4.37. The number of ether oxygens (including phenoxy) is 1. The first kappa shape index (κ1) is 17.0. The maximum absolute atomic E-state index is 12.6. The highest BCUT2D eigenvalue weighted by atomic mass is 35.5. The van der Waals surface area contributed by atoms with Gasteiger partial charge in [0.2, 0.25) is 0 Å². The molecule has 1 N–H and O–H groups in total. The molecular formula is C21H21ClN2O2. The molecule has 1 amide bonds. The fraction of sp³-hybridized carbons (Fsp3) is 0.286. The molecule has 5 heteroatoms. The van der Waals surface area contributed by atoms with E-state index < -0.39 is 0 Å². The second kappa shape index (κ2) is 6.69. The Hall–Kier alpha value is -2.46. The Morgan fingerprint density at radius 2 is 2.04 bits per heavy atom. The van der Waals surface area contributed by atoms with Gasteiger partial charge < -0.3 is 9.72 Å².